The first-order valence-electron chi connectivity index (χ1n) is 21.3. The van der Waals surface area contributed by atoms with Gasteiger partial charge in [-0.25, -0.2) is 0 Å². The number of hydrogen-bond donors (Lipinski definition) is 0. The van der Waals surface area contributed by atoms with Crippen LogP contribution < -0.4 is 0 Å². The normalized spacial score (nSPS) is 21.4. The summed E-state index contributed by atoms with van der Waals surface area (Å²) in [6.45, 7) is 4.61. The number of aryl methyl sites for hydroxylation is 2. The van der Waals surface area contributed by atoms with E-state index in [0.29, 0.717) is 5.78 Å². The molecule has 0 aromatic heterocycles. The average molecular weight is 655 g/mol. The second-order valence-electron chi connectivity index (χ2n) is 16.3. The van der Waals surface area contributed by atoms with Crippen LogP contribution in [-0.2, 0) is 17.6 Å². The third kappa shape index (κ3) is 14.9. The van der Waals surface area contributed by atoms with E-state index in [0.717, 1.165) is 75.0 Å². The quantitative estimate of drug-likeness (QED) is 0.103. The van der Waals surface area contributed by atoms with Crippen LogP contribution in [0.3, 0.4) is 0 Å². The van der Waals surface area contributed by atoms with Gasteiger partial charge in [0.25, 0.3) is 0 Å². The molecule has 0 unspecified atom stereocenters. The second-order valence-corrected chi connectivity index (χ2v) is 16.3. The summed E-state index contributed by atoms with van der Waals surface area (Å²) in [6.07, 6.45) is 36.4. The Kier molecular flexibility index (Phi) is 19.0. The molecular formula is C47H74O. The lowest BCUT2D eigenvalue weighted by Crippen LogP contribution is -2.13. The minimum Gasteiger partial charge on any atom is -0.300 e. The highest BCUT2D eigenvalue weighted by molar-refractivity contribution is 5.78. The molecule has 0 N–H and O–H groups in total. The van der Waals surface area contributed by atoms with Gasteiger partial charge in [0, 0.05) is 12.8 Å². The lowest BCUT2D eigenvalue weighted by Gasteiger charge is -2.29. The molecule has 4 rings (SSSR count). The third-order valence-corrected chi connectivity index (χ3v) is 12.4. The van der Waals surface area contributed by atoms with Crippen molar-refractivity contribution < 1.29 is 4.79 Å². The van der Waals surface area contributed by atoms with Crippen LogP contribution >= 0.6 is 0 Å². The number of unbranched alkanes of at least 4 members (excludes halogenated alkanes) is 10. The van der Waals surface area contributed by atoms with E-state index in [4.69, 9.17) is 0 Å². The molecule has 2 aliphatic carbocycles. The van der Waals surface area contributed by atoms with Gasteiger partial charge in [-0.2, -0.15) is 0 Å². The van der Waals surface area contributed by atoms with Crippen LogP contribution in [-0.4, -0.2) is 5.78 Å². The Bertz CT molecular complexity index is 993. The van der Waals surface area contributed by atoms with Gasteiger partial charge in [-0.3, -0.25) is 4.79 Å². The van der Waals surface area contributed by atoms with Gasteiger partial charge >= 0.3 is 0 Å². The van der Waals surface area contributed by atoms with Gasteiger partial charge < -0.3 is 0 Å². The Morgan fingerprint density at radius 1 is 0.458 bits per heavy atom. The summed E-state index contributed by atoms with van der Waals surface area (Å²) in [7, 11) is 0. The molecule has 0 amide bonds. The van der Waals surface area contributed by atoms with Crippen molar-refractivity contribution in [2.45, 2.75) is 205 Å². The van der Waals surface area contributed by atoms with Crippen LogP contribution in [0.4, 0.5) is 0 Å². The molecule has 1 nitrogen and oxygen atoms in total. The fraction of sp³-hybridized carbons (Fsp3) is 0.723. The smallest absolute Gasteiger partial charge is 0.132 e. The van der Waals surface area contributed by atoms with Crippen molar-refractivity contribution in [1.82, 2.24) is 0 Å². The van der Waals surface area contributed by atoms with E-state index in [1.54, 1.807) is 11.1 Å². The maximum absolute atomic E-state index is 12.6. The molecule has 0 saturated heterocycles. The second kappa shape index (κ2) is 23.5. The molecule has 2 fully saturated rings. The van der Waals surface area contributed by atoms with Crippen LogP contribution in [0.15, 0.2) is 48.5 Å². The molecule has 0 heterocycles. The number of carbonyl (C=O) groups is 1. The molecule has 268 valence electrons. The summed E-state index contributed by atoms with van der Waals surface area (Å²) < 4.78 is 0. The molecule has 0 bridgehead atoms. The average Bonchev–Trinajstić information content (AvgIpc) is 3.13. The van der Waals surface area contributed by atoms with Crippen molar-refractivity contribution >= 4 is 5.78 Å². The van der Waals surface area contributed by atoms with E-state index in [-0.39, 0.29) is 0 Å². The van der Waals surface area contributed by atoms with Gasteiger partial charge in [0.2, 0.25) is 0 Å². The summed E-state index contributed by atoms with van der Waals surface area (Å²) in [5.41, 5.74) is 6.01. The zero-order chi connectivity index (χ0) is 33.7. The third-order valence-electron chi connectivity index (χ3n) is 12.4. The van der Waals surface area contributed by atoms with Crippen LogP contribution in [0.2, 0.25) is 0 Å². The molecule has 0 aliphatic heterocycles. The highest BCUT2D eigenvalue weighted by Crippen LogP contribution is 2.39. The molecule has 2 aliphatic rings. The Morgan fingerprint density at radius 2 is 0.833 bits per heavy atom. The van der Waals surface area contributed by atoms with Crippen molar-refractivity contribution in [2.24, 2.45) is 11.8 Å². The number of hydrogen-bond acceptors (Lipinski definition) is 1. The Morgan fingerprint density at radius 3 is 1.21 bits per heavy atom. The van der Waals surface area contributed by atoms with E-state index in [1.165, 1.54) is 140 Å². The highest BCUT2D eigenvalue weighted by atomic mass is 16.1. The van der Waals surface area contributed by atoms with E-state index in [1.807, 2.05) is 0 Å². The Balaban J connectivity index is 0.997. The zero-order valence-corrected chi connectivity index (χ0v) is 31.6. The predicted molar refractivity (Wildman–Crippen MR) is 209 cm³/mol. The van der Waals surface area contributed by atoms with Crippen LogP contribution in [0, 0.1) is 11.8 Å². The fourth-order valence-electron chi connectivity index (χ4n) is 8.98. The number of carbonyl (C=O) groups excluding carboxylic acids is 1. The molecule has 1 heteroatoms. The lowest BCUT2D eigenvalue weighted by molar-refractivity contribution is -0.119. The molecule has 0 atom stereocenters. The number of Topliss-reactive ketones (excluding diaryl/α,β-unsaturated/α-hetero) is 1. The molecule has 0 radical (unpaired) electrons. The minimum atomic E-state index is 0.467. The fourth-order valence-corrected chi connectivity index (χ4v) is 8.98. The largest absolute Gasteiger partial charge is 0.300 e. The molecule has 2 saturated carbocycles. The lowest BCUT2D eigenvalue weighted by atomic mass is 9.77. The van der Waals surface area contributed by atoms with Crippen molar-refractivity contribution in [3.63, 3.8) is 0 Å². The number of rotatable bonds is 24. The first-order valence-corrected chi connectivity index (χ1v) is 21.3. The summed E-state index contributed by atoms with van der Waals surface area (Å²) in [4.78, 5) is 12.6. The molecule has 0 spiro atoms. The molecule has 48 heavy (non-hydrogen) atoms. The van der Waals surface area contributed by atoms with Gasteiger partial charge in [-0.05, 0) is 136 Å². The Labute approximate surface area is 297 Å². The van der Waals surface area contributed by atoms with Gasteiger partial charge in [0.05, 0.1) is 0 Å². The summed E-state index contributed by atoms with van der Waals surface area (Å²) in [5, 5.41) is 0. The standard InChI is InChI=1S/C47H74O/c1-3-5-7-9-11-17-39-23-31-43(32-24-39)45-35-27-41(28-36-45)19-13-15-21-47(48)22-16-14-20-42-29-37-46(38-30-42)44-33-25-40(26-34-44)18-12-10-8-6-4-2/h27-30,35-40,43-44H,3-26,31-34H2,1-2H3/t39-,40?,43-,44?. The summed E-state index contributed by atoms with van der Waals surface area (Å²) in [5.74, 6) is 3.98. The van der Waals surface area contributed by atoms with E-state index >= 15 is 0 Å². The number of ketones is 1. The van der Waals surface area contributed by atoms with Gasteiger partial charge in [0.1, 0.15) is 5.78 Å². The van der Waals surface area contributed by atoms with Crippen molar-refractivity contribution in [1.29, 1.82) is 0 Å². The van der Waals surface area contributed by atoms with Crippen molar-refractivity contribution in [2.75, 3.05) is 0 Å². The van der Waals surface area contributed by atoms with Gasteiger partial charge in [-0.1, -0.05) is 139 Å². The molecule has 2 aromatic carbocycles. The first kappa shape index (κ1) is 38.9. The van der Waals surface area contributed by atoms with Gasteiger partial charge in [-0.15, -0.1) is 0 Å². The topological polar surface area (TPSA) is 17.1 Å². The monoisotopic (exact) mass is 655 g/mol. The van der Waals surface area contributed by atoms with Crippen LogP contribution in [0.5, 0.6) is 0 Å². The highest BCUT2D eigenvalue weighted by Gasteiger charge is 2.23. The van der Waals surface area contributed by atoms with Gasteiger partial charge in [0.15, 0.2) is 0 Å². The molecule has 2 aromatic rings. The zero-order valence-electron chi connectivity index (χ0n) is 31.6. The Hall–Kier alpha value is -1.89. The minimum absolute atomic E-state index is 0.467. The van der Waals surface area contributed by atoms with Crippen LogP contribution in [0.1, 0.15) is 215 Å². The maximum atomic E-state index is 12.6. The predicted octanol–water partition coefficient (Wildman–Crippen LogP) is 14.7. The van der Waals surface area contributed by atoms with E-state index < -0.39 is 0 Å². The van der Waals surface area contributed by atoms with E-state index in [2.05, 4.69) is 62.4 Å². The number of benzene rings is 2. The molecular weight excluding hydrogens is 581 g/mol. The summed E-state index contributed by atoms with van der Waals surface area (Å²) >= 11 is 0. The van der Waals surface area contributed by atoms with Crippen LogP contribution in [0.25, 0.3) is 0 Å². The van der Waals surface area contributed by atoms with Crippen molar-refractivity contribution in [3.8, 4) is 0 Å². The van der Waals surface area contributed by atoms with E-state index in [9.17, 15) is 4.79 Å². The first-order chi connectivity index (χ1) is 23.6. The summed E-state index contributed by atoms with van der Waals surface area (Å²) in [6, 6.07) is 19.1. The van der Waals surface area contributed by atoms with Crippen molar-refractivity contribution in [3.05, 3.63) is 70.8 Å². The maximum Gasteiger partial charge on any atom is 0.132 e. The SMILES string of the molecule is CCCCCCCC1CCC(c2ccc(CCCCC(=O)CCCCc3ccc([C@H]4CC[C@H](CCCCCCC)CC4)cc3)cc2)CC1.